The summed E-state index contributed by atoms with van der Waals surface area (Å²) >= 11 is 0. The number of aromatic nitrogens is 2. The highest BCUT2D eigenvalue weighted by Crippen LogP contribution is 2.30. The first-order chi connectivity index (χ1) is 48.8. The summed E-state index contributed by atoms with van der Waals surface area (Å²) in [5, 5.41) is 26.5. The van der Waals surface area contributed by atoms with Crippen molar-refractivity contribution in [1.29, 1.82) is 0 Å². The number of likely N-dealkylation sites (tertiary alicyclic amines) is 1. The molecule has 11 atom stereocenters. The van der Waals surface area contributed by atoms with Crippen LogP contribution in [0.15, 0.2) is 9.32 Å². The van der Waals surface area contributed by atoms with Crippen LogP contribution >= 0.6 is 0 Å². The van der Waals surface area contributed by atoms with Crippen molar-refractivity contribution in [3.8, 4) is 0 Å². The lowest BCUT2D eigenvalue weighted by atomic mass is 9.84. The number of piperidine rings is 1. The first-order valence-electron chi connectivity index (χ1n) is 38.0. The fourth-order valence-electron chi connectivity index (χ4n) is 14.1. The zero-order chi connectivity index (χ0) is 78.1. The monoisotopic (exact) mass is 1470 g/mol. The molecule has 0 aromatic carbocycles. The molecule has 2 aliphatic heterocycles. The summed E-state index contributed by atoms with van der Waals surface area (Å²) in [6, 6.07) is -13.6. The van der Waals surface area contributed by atoms with Crippen molar-refractivity contribution in [2.24, 2.45) is 35.5 Å². The molecular weight excluding hydrogens is 1340 g/mol. The number of nitrogens with one attached hydrogen (secondary N) is 5. The van der Waals surface area contributed by atoms with Crippen molar-refractivity contribution in [3.63, 3.8) is 0 Å². The Morgan fingerprint density at radius 2 is 0.971 bits per heavy atom. The number of unbranched alkanes of at least 4 members (excludes halogenated alkanes) is 1. The maximum Gasteiger partial charge on any atom is 0.438 e. The lowest BCUT2D eigenvalue weighted by Gasteiger charge is -2.39. The molecule has 1 aromatic rings. The van der Waals surface area contributed by atoms with E-state index in [-0.39, 0.29) is 92.8 Å². The maximum absolute atomic E-state index is 15.6. The van der Waals surface area contributed by atoms with Crippen molar-refractivity contribution in [3.05, 3.63) is 16.4 Å². The van der Waals surface area contributed by atoms with Gasteiger partial charge in [0.1, 0.15) is 67.0 Å². The SMILES string of the molecule is CCCCN1CC(=O)N(C)[C@@H](CC(C)C)C(=O)N[C@H](C(=O)N2CCCCC2)CC(=O)N(C)[C@@H](CC)C(=O)N[C@@H](CC(C)C)C(=O)N(C)[C@@H](CC(C)C)C(=O)N(C)[C@@H](CC2CCCCC2)C(=O)NC(COCc2noc(=O)[nH]2)C(=O)N(C)[C@@H](CC(C)C)C(=O)N(C)[C@@H](CC(C)C)C(=O)N[C@@H]([C@@H](C)O)C1=O. The molecule has 0 spiro atoms. The number of hydrogen-bond acceptors (Lipinski definition) is 17. The zero-order valence-electron chi connectivity index (χ0n) is 65.9. The van der Waals surface area contributed by atoms with Gasteiger partial charge in [-0.1, -0.05) is 127 Å². The van der Waals surface area contributed by atoms with Crippen molar-refractivity contribution in [2.75, 3.05) is 75.1 Å². The van der Waals surface area contributed by atoms with Gasteiger partial charge in [-0.25, -0.2) is 4.79 Å². The van der Waals surface area contributed by atoms with Crippen LogP contribution < -0.4 is 27.0 Å². The van der Waals surface area contributed by atoms with Gasteiger partial charge in [-0.3, -0.25) is 67.0 Å². The summed E-state index contributed by atoms with van der Waals surface area (Å²) in [5.74, 6) is -10.7. The number of nitrogens with zero attached hydrogens (tertiary/aromatic N) is 9. The number of aliphatic hydroxyl groups excluding tert-OH is 1. The third-order valence-corrected chi connectivity index (χ3v) is 20.3. The number of aromatic amines is 1. The number of H-pyrrole nitrogens is 1. The van der Waals surface area contributed by atoms with E-state index in [1.54, 1.807) is 11.8 Å². The Morgan fingerprint density at radius 1 is 0.519 bits per heavy atom. The van der Waals surface area contributed by atoms with Crippen LogP contribution in [0, 0.1) is 35.5 Å². The summed E-state index contributed by atoms with van der Waals surface area (Å²) < 4.78 is 10.7. The Bertz CT molecular complexity index is 3070. The van der Waals surface area contributed by atoms with E-state index in [0.29, 0.717) is 38.8 Å². The van der Waals surface area contributed by atoms with Crippen LogP contribution in [0.5, 0.6) is 0 Å². The minimum Gasteiger partial charge on any atom is -0.391 e. The smallest absolute Gasteiger partial charge is 0.391 e. The standard InChI is InChI=1S/C74H128N14O16/c1-20-22-31-88-41-62(91)82(15)55(35-45(5)6)65(93)76-52(70(98)87-32-27-24-28-33-87)40-61(90)81(14)54(21-2)64(92)75-51(34-44(3)4)68(96)85(18)58(37-47(9)10)72(100)84(17)57(39-50-29-25-23-26-30-50)66(94)77-53(42-103-43-60-78-74(102)104-80-60)69(97)86(19)59(38-48(11)12)71(99)83(16)56(36-46(7)8)67(95)79-63(49(13)89)73(88)101/h44-59,63,89H,20-43H2,1-19H3,(H,75,92)(H,76,93)(H,77,94)(H,79,95)(H,78,80,102)/t49-,51+,52+,53?,54+,55+,56+,57+,58+,59+,63+/m1/s1. The lowest BCUT2D eigenvalue weighted by Crippen LogP contribution is -2.62. The number of rotatable bonds is 22. The van der Waals surface area contributed by atoms with Crippen molar-refractivity contribution in [2.45, 2.75) is 279 Å². The van der Waals surface area contributed by atoms with Crippen LogP contribution in [0.2, 0.25) is 0 Å². The molecule has 0 bridgehead atoms. The van der Waals surface area contributed by atoms with Crippen LogP contribution in [-0.4, -0.2) is 267 Å². The predicted octanol–water partition coefficient (Wildman–Crippen LogP) is 3.82. The normalized spacial score (nSPS) is 25.8. The predicted molar refractivity (Wildman–Crippen MR) is 391 cm³/mol. The minimum absolute atomic E-state index is 0.0222. The van der Waals surface area contributed by atoms with Crippen LogP contribution in [0.4, 0.5) is 0 Å². The molecule has 3 fully saturated rings. The van der Waals surface area contributed by atoms with E-state index in [4.69, 9.17) is 4.74 Å². The number of likely N-dealkylation sites (N-methyl/N-ethyl adjacent to an activating group) is 6. The molecule has 12 amide bonds. The zero-order valence-corrected chi connectivity index (χ0v) is 65.9. The second-order valence-corrected chi connectivity index (χ2v) is 31.4. The highest BCUT2D eigenvalue weighted by atomic mass is 16.5. The number of carbonyl (C=O) groups is 12. The van der Waals surface area contributed by atoms with Gasteiger partial charge in [-0.15, -0.1) is 0 Å². The largest absolute Gasteiger partial charge is 0.438 e. The topological polar surface area (TPSA) is 367 Å². The first kappa shape index (κ1) is 88.9. The molecule has 1 unspecified atom stereocenters. The van der Waals surface area contributed by atoms with E-state index < -0.39 is 169 Å². The van der Waals surface area contributed by atoms with Crippen LogP contribution in [0.1, 0.15) is 211 Å². The van der Waals surface area contributed by atoms with Crippen molar-refractivity contribution < 1.29 is 71.9 Å². The van der Waals surface area contributed by atoms with Gasteiger partial charge in [-0.05, 0) is 113 Å². The van der Waals surface area contributed by atoms with Gasteiger partial charge in [0.25, 0.3) is 0 Å². The molecule has 104 heavy (non-hydrogen) atoms. The van der Waals surface area contributed by atoms with Crippen LogP contribution in [0.25, 0.3) is 0 Å². The van der Waals surface area contributed by atoms with Gasteiger partial charge in [0.15, 0.2) is 5.82 Å². The van der Waals surface area contributed by atoms with Gasteiger partial charge < -0.3 is 70.3 Å². The Kier molecular flexibility index (Phi) is 36.4. The molecule has 30 nitrogen and oxygen atoms in total. The van der Waals surface area contributed by atoms with Gasteiger partial charge in [0.2, 0.25) is 70.9 Å². The molecule has 1 aromatic heterocycles. The highest BCUT2D eigenvalue weighted by Gasteiger charge is 2.45. The van der Waals surface area contributed by atoms with Gasteiger partial charge in [0, 0.05) is 61.9 Å². The minimum atomic E-state index is -1.68. The number of carbonyl (C=O) groups excluding carboxylic acids is 12. The second kappa shape index (κ2) is 42.6. The molecular formula is C74H128N14O16. The summed E-state index contributed by atoms with van der Waals surface area (Å²) in [4.78, 5) is 206. The summed E-state index contributed by atoms with van der Waals surface area (Å²) in [7, 11) is 8.51. The maximum atomic E-state index is 15.6. The molecule has 2 saturated heterocycles. The Labute approximate surface area is 616 Å². The lowest BCUT2D eigenvalue weighted by molar-refractivity contribution is -0.152. The Morgan fingerprint density at radius 3 is 1.47 bits per heavy atom. The Balaban J connectivity index is 2.01. The van der Waals surface area contributed by atoms with E-state index in [9.17, 15) is 33.9 Å². The summed E-state index contributed by atoms with van der Waals surface area (Å²) in [5.41, 5.74) is 0. The molecule has 1 saturated carbocycles. The molecule has 3 heterocycles. The van der Waals surface area contributed by atoms with Gasteiger partial charge >= 0.3 is 5.76 Å². The molecule has 0 radical (unpaired) electrons. The third kappa shape index (κ3) is 26.2. The third-order valence-electron chi connectivity index (χ3n) is 20.3. The number of amides is 12. The average molecular weight is 1470 g/mol. The van der Waals surface area contributed by atoms with Crippen molar-refractivity contribution >= 4 is 70.9 Å². The fraction of sp³-hybridized carbons (Fsp3) is 0.811. The molecule has 4 rings (SSSR count). The number of aliphatic hydroxyl groups is 1. The molecule has 3 aliphatic rings. The quantitative estimate of drug-likeness (QED) is 0.0961. The summed E-state index contributed by atoms with van der Waals surface area (Å²) in [6.07, 6.45) is 5.70. The summed E-state index contributed by atoms with van der Waals surface area (Å²) in [6.45, 7) is 22.4. The van der Waals surface area contributed by atoms with E-state index in [2.05, 4.69) is 35.9 Å². The average Bonchev–Trinajstić information content (AvgIpc) is 0.829. The molecule has 1 aliphatic carbocycles. The van der Waals surface area contributed by atoms with E-state index >= 15 is 33.6 Å². The van der Waals surface area contributed by atoms with E-state index in [1.807, 2.05) is 76.2 Å². The van der Waals surface area contributed by atoms with Crippen LogP contribution in [-0.2, 0) is 68.9 Å². The van der Waals surface area contributed by atoms with Gasteiger partial charge in [-0.2, -0.15) is 0 Å². The highest BCUT2D eigenvalue weighted by molar-refractivity contribution is 6.00. The van der Waals surface area contributed by atoms with Gasteiger partial charge in [0.05, 0.1) is 25.7 Å². The molecule has 590 valence electrons. The molecule has 30 heteroatoms. The Hall–Kier alpha value is -7.50. The van der Waals surface area contributed by atoms with E-state index in [1.165, 1.54) is 83.5 Å². The first-order valence-corrected chi connectivity index (χ1v) is 38.0. The van der Waals surface area contributed by atoms with Crippen LogP contribution in [0.3, 0.4) is 0 Å². The fourth-order valence-corrected chi connectivity index (χ4v) is 14.1. The van der Waals surface area contributed by atoms with Crippen molar-refractivity contribution in [1.82, 2.24) is 70.6 Å². The number of hydrogen-bond donors (Lipinski definition) is 6. The molecule has 6 N–H and O–H groups in total. The van der Waals surface area contributed by atoms with E-state index in [0.717, 1.165) is 38.5 Å². The second-order valence-electron chi connectivity index (χ2n) is 31.4. The number of ether oxygens (including phenoxy) is 1.